The predicted octanol–water partition coefficient (Wildman–Crippen LogP) is 3.94. The molecule has 0 radical (unpaired) electrons. The fourth-order valence-corrected chi connectivity index (χ4v) is 4.07. The highest BCUT2D eigenvalue weighted by molar-refractivity contribution is 6.30. The summed E-state index contributed by atoms with van der Waals surface area (Å²) in [5.41, 5.74) is 1.98. The van der Waals surface area contributed by atoms with E-state index in [1.807, 2.05) is 38.1 Å². The number of nitrogens with zero attached hydrogens (tertiary/aromatic N) is 3. The van der Waals surface area contributed by atoms with Crippen LogP contribution in [0.3, 0.4) is 0 Å². The first kappa shape index (κ1) is 22.5. The van der Waals surface area contributed by atoms with E-state index in [1.54, 1.807) is 41.9 Å². The Balaban J connectivity index is 1.54. The summed E-state index contributed by atoms with van der Waals surface area (Å²) >= 11 is 5.97. The summed E-state index contributed by atoms with van der Waals surface area (Å²) in [6.07, 6.45) is 0.330. The lowest BCUT2D eigenvalue weighted by molar-refractivity contribution is -0.134. The van der Waals surface area contributed by atoms with Gasteiger partial charge in [-0.05, 0) is 50.1 Å². The molecule has 8 nitrogen and oxygen atoms in total. The molecule has 1 atom stereocenters. The minimum absolute atomic E-state index is 0.330. The number of hydrogen-bond donors (Lipinski definition) is 2. The zero-order valence-electron chi connectivity index (χ0n) is 18.6. The Morgan fingerprint density at radius 1 is 1.09 bits per heavy atom. The molecule has 1 aromatic heterocycles. The largest absolute Gasteiger partial charge is 0.325 e. The maximum absolute atomic E-state index is 13.3. The second kappa shape index (κ2) is 8.71. The molecule has 0 saturated carbocycles. The fourth-order valence-electron chi connectivity index (χ4n) is 3.94. The van der Waals surface area contributed by atoms with E-state index in [4.69, 9.17) is 11.6 Å². The number of amides is 4. The summed E-state index contributed by atoms with van der Waals surface area (Å²) in [6, 6.07) is 15.6. The van der Waals surface area contributed by atoms with E-state index in [0.717, 1.165) is 16.2 Å². The topological polar surface area (TPSA) is 96.3 Å². The van der Waals surface area contributed by atoms with Crippen molar-refractivity contribution >= 4 is 35.3 Å². The van der Waals surface area contributed by atoms with E-state index in [-0.39, 0.29) is 0 Å². The van der Waals surface area contributed by atoms with E-state index >= 15 is 0 Å². The normalized spacial score (nSPS) is 17.9. The SMILES string of the molecule is CCC1(c2ccc(Cl)cc2)NC(=O)N(CC(=O)Nc2cc(C)nn2-c2ccc(C)cc2)C1=O. The highest BCUT2D eigenvalue weighted by Gasteiger charge is 2.51. The molecule has 0 aliphatic carbocycles. The molecular weight excluding hydrogens is 442 g/mol. The Morgan fingerprint density at radius 2 is 1.76 bits per heavy atom. The summed E-state index contributed by atoms with van der Waals surface area (Å²) in [5.74, 6) is -0.529. The smallest absolute Gasteiger partial charge is 0.319 e. The van der Waals surface area contributed by atoms with Crippen LogP contribution in [0.5, 0.6) is 0 Å². The maximum atomic E-state index is 13.3. The second-order valence-corrected chi connectivity index (χ2v) is 8.49. The lowest BCUT2D eigenvalue weighted by atomic mass is 9.87. The van der Waals surface area contributed by atoms with Crippen molar-refractivity contribution in [2.45, 2.75) is 32.7 Å². The molecular formula is C24H24ClN5O3. The van der Waals surface area contributed by atoms with Gasteiger partial charge in [0.25, 0.3) is 5.91 Å². The average Bonchev–Trinajstić information content (AvgIpc) is 3.27. The van der Waals surface area contributed by atoms with Crippen molar-refractivity contribution in [3.63, 3.8) is 0 Å². The number of carbonyl (C=O) groups excluding carboxylic acids is 3. The molecule has 33 heavy (non-hydrogen) atoms. The standard InChI is InChI=1S/C24H24ClN5O3/c1-4-24(17-7-9-18(25)10-8-17)22(32)29(23(33)27-24)14-21(31)26-20-13-16(3)28-30(20)19-11-5-15(2)6-12-19/h5-13H,4,14H2,1-3H3,(H,26,31)(H,27,33). The summed E-state index contributed by atoms with van der Waals surface area (Å²) in [4.78, 5) is 39.7. The van der Waals surface area contributed by atoms with Gasteiger partial charge in [-0.1, -0.05) is 48.4 Å². The quantitative estimate of drug-likeness (QED) is 0.539. The van der Waals surface area contributed by atoms with Gasteiger partial charge < -0.3 is 10.6 Å². The van der Waals surface area contributed by atoms with Gasteiger partial charge in [-0.3, -0.25) is 14.5 Å². The zero-order chi connectivity index (χ0) is 23.8. The van der Waals surface area contributed by atoms with Gasteiger partial charge in [0.1, 0.15) is 17.9 Å². The average molecular weight is 466 g/mol. The number of nitrogens with one attached hydrogen (secondary N) is 2. The van der Waals surface area contributed by atoms with Crippen molar-refractivity contribution in [1.29, 1.82) is 0 Å². The van der Waals surface area contributed by atoms with Crippen LogP contribution in [0.2, 0.25) is 5.02 Å². The number of anilines is 1. The molecule has 4 amide bonds. The number of rotatable bonds is 6. The number of hydrogen-bond acceptors (Lipinski definition) is 4. The number of carbonyl (C=O) groups is 3. The molecule has 1 saturated heterocycles. The van der Waals surface area contributed by atoms with E-state index in [1.165, 1.54) is 0 Å². The third-order valence-corrected chi connectivity index (χ3v) is 5.97. The van der Waals surface area contributed by atoms with Crippen molar-refractivity contribution in [2.75, 3.05) is 11.9 Å². The van der Waals surface area contributed by atoms with E-state index in [0.29, 0.717) is 28.5 Å². The van der Waals surface area contributed by atoms with Crippen LogP contribution in [0.25, 0.3) is 5.69 Å². The van der Waals surface area contributed by atoms with Crippen LogP contribution >= 0.6 is 11.6 Å². The fraction of sp³-hybridized carbons (Fsp3) is 0.250. The molecule has 1 aliphatic rings. The molecule has 9 heteroatoms. The first-order valence-electron chi connectivity index (χ1n) is 10.6. The lowest BCUT2D eigenvalue weighted by Gasteiger charge is -2.25. The highest BCUT2D eigenvalue weighted by atomic mass is 35.5. The van der Waals surface area contributed by atoms with Crippen LogP contribution in [0, 0.1) is 13.8 Å². The third-order valence-electron chi connectivity index (χ3n) is 5.72. The first-order chi connectivity index (χ1) is 15.7. The van der Waals surface area contributed by atoms with Gasteiger partial charge in [0.15, 0.2) is 0 Å². The summed E-state index contributed by atoms with van der Waals surface area (Å²) in [6.45, 7) is 5.19. The van der Waals surface area contributed by atoms with Gasteiger partial charge in [-0.2, -0.15) is 5.10 Å². The minimum Gasteiger partial charge on any atom is -0.319 e. The summed E-state index contributed by atoms with van der Waals surface area (Å²) in [7, 11) is 0. The number of aromatic nitrogens is 2. The van der Waals surface area contributed by atoms with E-state index in [2.05, 4.69) is 15.7 Å². The minimum atomic E-state index is -1.23. The van der Waals surface area contributed by atoms with Crippen LogP contribution in [-0.4, -0.2) is 39.1 Å². The number of aryl methyl sites for hydroxylation is 2. The molecule has 1 aliphatic heterocycles. The second-order valence-electron chi connectivity index (χ2n) is 8.05. The maximum Gasteiger partial charge on any atom is 0.325 e. The molecule has 1 fully saturated rings. The Kier molecular flexibility index (Phi) is 5.95. The number of imide groups is 1. The Morgan fingerprint density at radius 3 is 2.39 bits per heavy atom. The number of urea groups is 1. The van der Waals surface area contributed by atoms with Crippen LogP contribution in [0.4, 0.5) is 10.6 Å². The monoisotopic (exact) mass is 465 g/mol. The lowest BCUT2D eigenvalue weighted by Crippen LogP contribution is -2.44. The molecule has 4 rings (SSSR count). The Bertz CT molecular complexity index is 1220. The van der Waals surface area contributed by atoms with Crippen molar-refractivity contribution in [3.8, 4) is 5.69 Å². The van der Waals surface area contributed by atoms with Crippen LogP contribution in [0.1, 0.15) is 30.2 Å². The Labute approximate surface area is 196 Å². The van der Waals surface area contributed by atoms with Crippen LogP contribution < -0.4 is 10.6 Å². The van der Waals surface area contributed by atoms with E-state index < -0.39 is 29.9 Å². The highest BCUT2D eigenvalue weighted by Crippen LogP contribution is 2.33. The van der Waals surface area contributed by atoms with E-state index in [9.17, 15) is 14.4 Å². The van der Waals surface area contributed by atoms with Gasteiger partial charge in [-0.25, -0.2) is 9.48 Å². The molecule has 170 valence electrons. The number of halogens is 1. The summed E-state index contributed by atoms with van der Waals surface area (Å²) in [5, 5.41) is 10.5. The van der Waals surface area contributed by atoms with Gasteiger partial charge in [0.05, 0.1) is 11.4 Å². The molecule has 3 aromatic rings. The van der Waals surface area contributed by atoms with Crippen LogP contribution in [0.15, 0.2) is 54.6 Å². The van der Waals surface area contributed by atoms with Gasteiger partial charge in [-0.15, -0.1) is 0 Å². The van der Waals surface area contributed by atoms with Crippen molar-refractivity contribution in [2.24, 2.45) is 0 Å². The zero-order valence-corrected chi connectivity index (χ0v) is 19.3. The van der Waals surface area contributed by atoms with Crippen molar-refractivity contribution in [1.82, 2.24) is 20.0 Å². The Hall–Kier alpha value is -3.65. The van der Waals surface area contributed by atoms with Crippen molar-refractivity contribution < 1.29 is 14.4 Å². The van der Waals surface area contributed by atoms with Gasteiger partial charge >= 0.3 is 6.03 Å². The van der Waals surface area contributed by atoms with Gasteiger partial charge in [0, 0.05) is 11.1 Å². The van der Waals surface area contributed by atoms with Crippen LogP contribution in [-0.2, 0) is 15.1 Å². The number of benzene rings is 2. The summed E-state index contributed by atoms with van der Waals surface area (Å²) < 4.78 is 1.61. The molecule has 1 unspecified atom stereocenters. The molecule has 2 heterocycles. The predicted molar refractivity (Wildman–Crippen MR) is 125 cm³/mol. The first-order valence-corrected chi connectivity index (χ1v) is 10.9. The van der Waals surface area contributed by atoms with Gasteiger partial charge in [0.2, 0.25) is 5.91 Å². The molecule has 2 N–H and O–H groups in total. The third kappa shape index (κ3) is 4.21. The molecule has 0 spiro atoms. The molecule has 2 aromatic carbocycles. The molecule has 0 bridgehead atoms. The van der Waals surface area contributed by atoms with Crippen molar-refractivity contribution in [3.05, 3.63) is 76.4 Å².